The number of anilines is 1. The van der Waals surface area contributed by atoms with Gasteiger partial charge >= 0.3 is 5.97 Å². The Morgan fingerprint density at radius 3 is 3.17 bits per heavy atom. The van der Waals surface area contributed by atoms with E-state index in [1.165, 1.54) is 6.20 Å². The van der Waals surface area contributed by atoms with Gasteiger partial charge in [-0.3, -0.25) is 0 Å². The van der Waals surface area contributed by atoms with Gasteiger partial charge in [-0.15, -0.1) is 0 Å². The second-order valence-corrected chi connectivity index (χ2v) is 6.16. The summed E-state index contributed by atoms with van der Waals surface area (Å²) in [6, 6.07) is 4.31. The van der Waals surface area contributed by atoms with Crippen molar-refractivity contribution in [2.45, 2.75) is 44.6 Å². The van der Waals surface area contributed by atoms with E-state index >= 15 is 0 Å². The van der Waals surface area contributed by atoms with Gasteiger partial charge in [0.25, 0.3) is 0 Å². The van der Waals surface area contributed by atoms with E-state index in [0.717, 1.165) is 37.5 Å². The number of fused-ring (bicyclic) bond motifs is 1. The molecule has 0 aliphatic heterocycles. The molecule has 1 aliphatic carbocycles. The summed E-state index contributed by atoms with van der Waals surface area (Å²) < 4.78 is 0. The van der Waals surface area contributed by atoms with E-state index in [2.05, 4.69) is 21.4 Å². The number of aromatic carboxylic acids is 1. The highest BCUT2D eigenvalue weighted by Gasteiger charge is 2.24. The number of nitrogens with zero attached hydrogens (tertiary/aromatic N) is 2. The average molecular weight is 312 g/mol. The molecule has 0 amide bonds. The molecule has 1 aliphatic rings. The van der Waals surface area contributed by atoms with E-state index < -0.39 is 5.97 Å². The summed E-state index contributed by atoms with van der Waals surface area (Å²) in [4.78, 5) is 18.7. The van der Waals surface area contributed by atoms with Crippen molar-refractivity contribution in [1.82, 2.24) is 9.97 Å². The fraction of sp³-hybridized carbons (Fsp3) is 0.471. The molecular formula is C17H20N4O2. The topological polar surface area (TPSA) is 102 Å². The zero-order valence-electron chi connectivity index (χ0n) is 12.9. The van der Waals surface area contributed by atoms with Gasteiger partial charge in [0.15, 0.2) is 0 Å². The van der Waals surface area contributed by atoms with Crippen molar-refractivity contribution in [1.29, 1.82) is 5.26 Å². The third kappa shape index (κ3) is 3.29. The van der Waals surface area contributed by atoms with Crippen molar-refractivity contribution >= 4 is 22.7 Å². The molecule has 0 bridgehead atoms. The van der Waals surface area contributed by atoms with Crippen molar-refractivity contribution in [3.8, 4) is 6.07 Å². The SMILES string of the molecule is N#CCCC1CCCC(Nc2c(C(=O)O)cnc3[nH]ccc23)C1. The summed E-state index contributed by atoms with van der Waals surface area (Å²) in [6.45, 7) is 0. The fourth-order valence-electron chi connectivity index (χ4n) is 3.48. The quantitative estimate of drug-likeness (QED) is 0.783. The summed E-state index contributed by atoms with van der Waals surface area (Å²) in [5, 5.41) is 22.4. The smallest absolute Gasteiger partial charge is 0.339 e. The Balaban J connectivity index is 1.83. The average Bonchev–Trinajstić information content (AvgIpc) is 3.02. The van der Waals surface area contributed by atoms with Gasteiger partial charge < -0.3 is 15.4 Å². The molecule has 23 heavy (non-hydrogen) atoms. The van der Waals surface area contributed by atoms with Crippen LogP contribution in [0.4, 0.5) is 5.69 Å². The molecule has 120 valence electrons. The summed E-state index contributed by atoms with van der Waals surface area (Å²) in [5.74, 6) is -0.433. The summed E-state index contributed by atoms with van der Waals surface area (Å²) >= 11 is 0. The Bertz CT molecular complexity index is 747. The summed E-state index contributed by atoms with van der Waals surface area (Å²) in [5.41, 5.74) is 1.54. The monoisotopic (exact) mass is 312 g/mol. The van der Waals surface area contributed by atoms with Crippen LogP contribution in [0.25, 0.3) is 11.0 Å². The molecule has 1 saturated carbocycles. The van der Waals surface area contributed by atoms with E-state index in [9.17, 15) is 9.90 Å². The molecule has 3 N–H and O–H groups in total. The van der Waals surface area contributed by atoms with Gasteiger partial charge in [0.1, 0.15) is 11.2 Å². The van der Waals surface area contributed by atoms with Crippen LogP contribution in [0.3, 0.4) is 0 Å². The number of hydrogen-bond donors (Lipinski definition) is 3. The largest absolute Gasteiger partial charge is 0.478 e. The van der Waals surface area contributed by atoms with Crippen LogP contribution in [0.1, 0.15) is 48.9 Å². The first-order valence-corrected chi connectivity index (χ1v) is 8.02. The maximum Gasteiger partial charge on any atom is 0.339 e. The van der Waals surface area contributed by atoms with Gasteiger partial charge in [-0.25, -0.2) is 9.78 Å². The number of carboxylic acid groups (broad SMARTS) is 1. The van der Waals surface area contributed by atoms with Crippen molar-refractivity contribution in [2.24, 2.45) is 5.92 Å². The van der Waals surface area contributed by atoms with Crippen LogP contribution in [-0.4, -0.2) is 27.1 Å². The van der Waals surface area contributed by atoms with Crippen LogP contribution in [0.5, 0.6) is 0 Å². The molecule has 6 heteroatoms. The predicted octanol–water partition coefficient (Wildman–Crippen LogP) is 3.54. The number of aromatic amines is 1. The van der Waals surface area contributed by atoms with Gasteiger partial charge in [0.2, 0.25) is 0 Å². The Hall–Kier alpha value is -2.55. The summed E-state index contributed by atoms with van der Waals surface area (Å²) in [7, 11) is 0. The summed E-state index contributed by atoms with van der Waals surface area (Å²) in [6.07, 6.45) is 8.96. The molecule has 3 rings (SSSR count). The van der Waals surface area contributed by atoms with Crippen LogP contribution >= 0.6 is 0 Å². The van der Waals surface area contributed by atoms with Crippen LogP contribution in [-0.2, 0) is 0 Å². The zero-order valence-corrected chi connectivity index (χ0v) is 12.9. The molecular weight excluding hydrogens is 292 g/mol. The molecule has 0 spiro atoms. The second kappa shape index (κ2) is 6.69. The van der Waals surface area contributed by atoms with Crippen LogP contribution in [0.2, 0.25) is 0 Å². The Morgan fingerprint density at radius 2 is 2.39 bits per heavy atom. The lowest BCUT2D eigenvalue weighted by atomic mass is 9.83. The minimum Gasteiger partial charge on any atom is -0.478 e. The highest BCUT2D eigenvalue weighted by Crippen LogP contribution is 2.32. The molecule has 2 aromatic rings. The lowest BCUT2D eigenvalue weighted by Crippen LogP contribution is -2.28. The van der Waals surface area contributed by atoms with E-state index in [1.807, 2.05) is 6.07 Å². The maximum absolute atomic E-state index is 11.5. The molecule has 2 atom stereocenters. The number of aromatic nitrogens is 2. The van der Waals surface area contributed by atoms with E-state index in [1.54, 1.807) is 6.20 Å². The number of carboxylic acids is 1. The van der Waals surface area contributed by atoms with Crippen molar-refractivity contribution < 1.29 is 9.90 Å². The first-order valence-electron chi connectivity index (χ1n) is 8.02. The zero-order chi connectivity index (χ0) is 16.2. The molecule has 6 nitrogen and oxygen atoms in total. The second-order valence-electron chi connectivity index (χ2n) is 6.16. The van der Waals surface area contributed by atoms with Crippen molar-refractivity contribution in [2.75, 3.05) is 5.32 Å². The number of H-pyrrole nitrogens is 1. The number of nitriles is 1. The number of carbonyl (C=O) groups is 1. The number of rotatable bonds is 5. The molecule has 2 unspecified atom stereocenters. The third-order valence-corrected chi connectivity index (χ3v) is 4.61. The van der Waals surface area contributed by atoms with E-state index in [0.29, 0.717) is 23.7 Å². The minimum atomic E-state index is -0.972. The first kappa shape index (κ1) is 15.3. The molecule has 1 fully saturated rings. The van der Waals surface area contributed by atoms with Crippen molar-refractivity contribution in [3.05, 3.63) is 24.0 Å². The standard InChI is InChI=1S/C17H20N4O2/c18-7-2-4-11-3-1-5-12(9-11)21-15-13-6-8-19-16(13)20-10-14(15)17(22)23/h6,8,10-12H,1-5,9H2,(H,22,23)(H2,19,20,21). The normalized spacial score (nSPS) is 21.0. The number of pyridine rings is 1. The molecule has 0 aromatic carbocycles. The molecule has 0 saturated heterocycles. The van der Waals surface area contributed by atoms with E-state index in [4.69, 9.17) is 5.26 Å². The first-order chi connectivity index (χ1) is 11.2. The Labute approximate surface area is 134 Å². The van der Waals surface area contributed by atoms with Gasteiger partial charge in [0, 0.05) is 30.2 Å². The predicted molar refractivity (Wildman–Crippen MR) is 87.3 cm³/mol. The lowest BCUT2D eigenvalue weighted by Gasteiger charge is -2.30. The maximum atomic E-state index is 11.5. The molecule has 2 heterocycles. The third-order valence-electron chi connectivity index (χ3n) is 4.61. The molecule has 2 aromatic heterocycles. The van der Waals surface area contributed by atoms with Crippen molar-refractivity contribution in [3.63, 3.8) is 0 Å². The minimum absolute atomic E-state index is 0.205. The Kier molecular flexibility index (Phi) is 4.47. The van der Waals surface area contributed by atoms with Crippen LogP contribution < -0.4 is 5.32 Å². The van der Waals surface area contributed by atoms with Gasteiger partial charge in [-0.1, -0.05) is 12.8 Å². The van der Waals surface area contributed by atoms with E-state index in [-0.39, 0.29) is 11.6 Å². The fourth-order valence-corrected chi connectivity index (χ4v) is 3.48. The Morgan fingerprint density at radius 1 is 1.52 bits per heavy atom. The van der Waals surface area contributed by atoms with Crippen LogP contribution in [0.15, 0.2) is 18.5 Å². The number of hydrogen-bond acceptors (Lipinski definition) is 4. The van der Waals surface area contributed by atoms with Gasteiger partial charge in [-0.05, 0) is 31.2 Å². The van der Waals surface area contributed by atoms with Gasteiger partial charge in [0.05, 0.1) is 11.8 Å². The highest BCUT2D eigenvalue weighted by atomic mass is 16.4. The lowest BCUT2D eigenvalue weighted by molar-refractivity contribution is 0.0697. The van der Waals surface area contributed by atoms with Gasteiger partial charge in [-0.2, -0.15) is 5.26 Å². The highest BCUT2D eigenvalue weighted by molar-refractivity contribution is 6.03. The molecule has 0 radical (unpaired) electrons. The van der Waals surface area contributed by atoms with Crippen LogP contribution in [0, 0.1) is 17.2 Å². The number of nitrogens with one attached hydrogen (secondary N) is 2.